The van der Waals surface area contributed by atoms with E-state index in [-0.39, 0.29) is 31.3 Å². The summed E-state index contributed by atoms with van der Waals surface area (Å²) in [5, 5.41) is 2.83. The van der Waals surface area contributed by atoms with Crippen molar-refractivity contribution in [3.8, 4) is 11.8 Å². The predicted octanol–water partition coefficient (Wildman–Crippen LogP) is 3.50. The van der Waals surface area contributed by atoms with Crippen LogP contribution in [0.4, 0.5) is 5.69 Å². The van der Waals surface area contributed by atoms with Crippen molar-refractivity contribution in [2.24, 2.45) is 0 Å². The minimum Gasteiger partial charge on any atom is -0.356 e. The fourth-order valence-corrected chi connectivity index (χ4v) is 4.01. The lowest BCUT2D eigenvalue weighted by molar-refractivity contribution is -0.125. The number of hydrogen-bond donors (Lipinski definition) is 3. The average Bonchev–Trinajstić information content (AvgIpc) is 2.80. The number of rotatable bonds is 11. The molecule has 1 aliphatic heterocycles. The Bertz CT molecular complexity index is 1120. The van der Waals surface area contributed by atoms with E-state index in [1.165, 1.54) is 0 Å². The molecule has 0 radical (unpaired) electrons. The number of carbonyl (C=O) groups is 2. The number of nitrogens with zero attached hydrogens (tertiary/aromatic N) is 1. The number of unbranched alkanes of at least 4 members (excludes halogenated alkanes) is 3. The third-order valence-electron chi connectivity index (χ3n) is 5.39. The van der Waals surface area contributed by atoms with Gasteiger partial charge in [-0.25, -0.2) is 4.57 Å². The highest BCUT2D eigenvalue weighted by molar-refractivity contribution is 7.46. The number of benzene rings is 2. The quantitative estimate of drug-likeness (QED) is 0.255. The molecule has 2 amide bonds. The van der Waals surface area contributed by atoms with Crippen LogP contribution in [0.1, 0.15) is 55.2 Å². The fraction of sp³-hybridized carbons (Fsp3) is 0.360. The van der Waals surface area contributed by atoms with Crippen LogP contribution >= 0.6 is 7.82 Å². The summed E-state index contributed by atoms with van der Waals surface area (Å²) in [5.74, 6) is 6.03. The molecule has 2 aromatic rings. The zero-order valence-electron chi connectivity index (χ0n) is 18.9. The van der Waals surface area contributed by atoms with Crippen molar-refractivity contribution >= 4 is 25.3 Å². The zero-order chi connectivity index (χ0) is 24.4. The first-order valence-electron chi connectivity index (χ1n) is 11.3. The van der Waals surface area contributed by atoms with Crippen LogP contribution in [-0.4, -0.2) is 34.8 Å². The number of hydrogen-bond acceptors (Lipinski definition) is 4. The maximum atomic E-state index is 13.1. The minimum atomic E-state index is -4.40. The summed E-state index contributed by atoms with van der Waals surface area (Å²) in [6.07, 6.45) is 3.02. The van der Waals surface area contributed by atoms with Crippen LogP contribution in [0.25, 0.3) is 0 Å². The first kappa shape index (κ1) is 25.7. The normalized spacial score (nSPS) is 12.5. The van der Waals surface area contributed by atoms with Crippen molar-refractivity contribution in [3.63, 3.8) is 0 Å². The number of anilines is 1. The standard InChI is InChI=1S/C25H29N2O6P/c28-24(26-17-7-1-2-8-18-33-34(30,31)32)15-16-25(29)27-19-22-11-4-3-9-20(22)13-14-21-10-5-6-12-23(21)27/h3-6,9-12H,1-2,7-8,15-19H2,(H,26,28)(H2,30,31,32). The molecule has 0 saturated heterocycles. The van der Waals surface area contributed by atoms with Crippen LogP contribution < -0.4 is 10.2 Å². The van der Waals surface area contributed by atoms with Gasteiger partial charge in [0.1, 0.15) is 0 Å². The lowest BCUT2D eigenvalue weighted by atomic mass is 10.0. The second-order valence-electron chi connectivity index (χ2n) is 7.99. The van der Waals surface area contributed by atoms with Gasteiger partial charge in [-0.15, -0.1) is 0 Å². The monoisotopic (exact) mass is 484 g/mol. The molecule has 3 rings (SSSR count). The number of para-hydroxylation sites is 1. The maximum Gasteiger partial charge on any atom is 0.469 e. The van der Waals surface area contributed by atoms with Crippen molar-refractivity contribution in [2.45, 2.75) is 45.1 Å². The Labute approximate surface area is 199 Å². The molecule has 8 nitrogen and oxygen atoms in total. The lowest BCUT2D eigenvalue weighted by Gasteiger charge is -2.26. The smallest absolute Gasteiger partial charge is 0.356 e. The highest BCUT2D eigenvalue weighted by Gasteiger charge is 2.21. The zero-order valence-corrected chi connectivity index (χ0v) is 19.8. The van der Waals surface area contributed by atoms with Crippen LogP contribution in [0.15, 0.2) is 48.5 Å². The second kappa shape index (κ2) is 12.5. The first-order chi connectivity index (χ1) is 16.3. The Morgan fingerprint density at radius 1 is 0.941 bits per heavy atom. The van der Waals surface area contributed by atoms with E-state index in [2.05, 4.69) is 21.7 Å². The summed E-state index contributed by atoms with van der Waals surface area (Å²) in [6, 6.07) is 15.3. The number of amides is 2. The number of fused-ring (bicyclic) bond motifs is 2. The van der Waals surface area contributed by atoms with Crippen molar-refractivity contribution < 1.29 is 28.5 Å². The van der Waals surface area contributed by atoms with Gasteiger partial charge in [0.2, 0.25) is 11.8 Å². The Morgan fingerprint density at radius 3 is 2.41 bits per heavy atom. The first-order valence-corrected chi connectivity index (χ1v) is 12.8. The van der Waals surface area contributed by atoms with E-state index in [9.17, 15) is 14.2 Å². The molecule has 3 N–H and O–H groups in total. The molecule has 0 atom stereocenters. The molecule has 1 heterocycles. The van der Waals surface area contributed by atoms with Crippen molar-refractivity contribution in [1.82, 2.24) is 5.32 Å². The van der Waals surface area contributed by atoms with E-state index in [0.29, 0.717) is 19.5 Å². The Morgan fingerprint density at radius 2 is 1.62 bits per heavy atom. The second-order valence-corrected chi connectivity index (χ2v) is 9.23. The van der Waals surface area contributed by atoms with Gasteiger partial charge in [0.15, 0.2) is 0 Å². The molecular formula is C25H29N2O6P. The molecule has 9 heteroatoms. The summed E-state index contributed by atoms with van der Waals surface area (Å²) in [7, 11) is -4.40. The molecule has 0 bridgehead atoms. The Kier molecular flexibility index (Phi) is 9.43. The molecule has 34 heavy (non-hydrogen) atoms. The molecule has 0 saturated carbocycles. The van der Waals surface area contributed by atoms with Crippen LogP contribution in [-0.2, 0) is 25.2 Å². The number of nitrogens with one attached hydrogen (secondary N) is 1. The van der Waals surface area contributed by atoms with Gasteiger partial charge in [-0.05, 0) is 36.6 Å². The molecule has 0 spiro atoms. The number of carbonyl (C=O) groups excluding carboxylic acids is 2. The third kappa shape index (κ3) is 8.12. The molecule has 0 unspecified atom stereocenters. The van der Waals surface area contributed by atoms with Gasteiger partial charge in [0, 0.05) is 30.5 Å². The maximum absolute atomic E-state index is 13.1. The minimum absolute atomic E-state index is 0.00837. The van der Waals surface area contributed by atoms with E-state index in [1.807, 2.05) is 48.5 Å². The molecule has 180 valence electrons. The summed E-state index contributed by atoms with van der Waals surface area (Å²) >= 11 is 0. The van der Waals surface area contributed by atoms with Gasteiger partial charge in [0.05, 0.1) is 18.8 Å². The predicted molar refractivity (Wildman–Crippen MR) is 129 cm³/mol. The summed E-state index contributed by atoms with van der Waals surface area (Å²) in [4.78, 5) is 44.3. The van der Waals surface area contributed by atoms with Crippen LogP contribution in [0.3, 0.4) is 0 Å². The summed E-state index contributed by atoms with van der Waals surface area (Å²) < 4.78 is 15.0. The highest BCUT2D eigenvalue weighted by Crippen LogP contribution is 2.35. The van der Waals surface area contributed by atoms with Crippen LogP contribution in [0.2, 0.25) is 0 Å². The van der Waals surface area contributed by atoms with E-state index >= 15 is 0 Å². The molecule has 0 aromatic heterocycles. The van der Waals surface area contributed by atoms with E-state index in [4.69, 9.17) is 9.79 Å². The van der Waals surface area contributed by atoms with Gasteiger partial charge < -0.3 is 20.0 Å². The Balaban J connectivity index is 1.46. The molecule has 0 fully saturated rings. The summed E-state index contributed by atoms with van der Waals surface area (Å²) in [5.41, 5.74) is 3.38. The van der Waals surface area contributed by atoms with E-state index in [0.717, 1.165) is 41.6 Å². The van der Waals surface area contributed by atoms with Gasteiger partial charge in [-0.2, -0.15) is 0 Å². The Hall–Kier alpha value is -2.95. The van der Waals surface area contributed by atoms with Crippen molar-refractivity contribution in [1.29, 1.82) is 0 Å². The fourth-order valence-electron chi connectivity index (χ4n) is 3.64. The van der Waals surface area contributed by atoms with Crippen LogP contribution in [0.5, 0.6) is 0 Å². The number of phosphoric acid groups is 1. The number of phosphoric ester groups is 1. The molecule has 1 aliphatic rings. The molecule has 0 aliphatic carbocycles. The van der Waals surface area contributed by atoms with Crippen LogP contribution in [0, 0.1) is 11.8 Å². The van der Waals surface area contributed by atoms with E-state index < -0.39 is 7.82 Å². The van der Waals surface area contributed by atoms with Gasteiger partial charge in [-0.1, -0.05) is 55.0 Å². The van der Waals surface area contributed by atoms with Gasteiger partial charge >= 0.3 is 7.82 Å². The van der Waals surface area contributed by atoms with Crippen molar-refractivity contribution in [3.05, 3.63) is 65.2 Å². The molecule has 2 aromatic carbocycles. The van der Waals surface area contributed by atoms with Gasteiger partial charge in [-0.3, -0.25) is 14.1 Å². The van der Waals surface area contributed by atoms with E-state index in [1.54, 1.807) is 4.90 Å². The largest absolute Gasteiger partial charge is 0.469 e. The summed E-state index contributed by atoms with van der Waals surface area (Å²) in [6.45, 7) is 0.893. The van der Waals surface area contributed by atoms with Gasteiger partial charge in [0.25, 0.3) is 0 Å². The topological polar surface area (TPSA) is 116 Å². The third-order valence-corrected chi connectivity index (χ3v) is 5.91. The molecular weight excluding hydrogens is 455 g/mol. The highest BCUT2D eigenvalue weighted by atomic mass is 31.2. The SMILES string of the molecule is O=C(CCC(=O)N1Cc2ccccc2C#Cc2ccccc21)NCCCCCCOP(=O)(O)O. The lowest BCUT2D eigenvalue weighted by Crippen LogP contribution is -2.33. The van der Waals surface area contributed by atoms with Crippen molar-refractivity contribution in [2.75, 3.05) is 18.1 Å². The average molecular weight is 484 g/mol.